The quantitative estimate of drug-likeness (QED) is 0.618. The summed E-state index contributed by atoms with van der Waals surface area (Å²) in [7, 11) is 1.56. The van der Waals surface area contributed by atoms with Crippen molar-refractivity contribution in [2.24, 2.45) is 5.41 Å². The van der Waals surface area contributed by atoms with Gasteiger partial charge in [0.1, 0.15) is 5.82 Å². The zero-order valence-electron chi connectivity index (χ0n) is 11.2. The van der Waals surface area contributed by atoms with Gasteiger partial charge in [0.2, 0.25) is 5.91 Å². The second-order valence-electron chi connectivity index (χ2n) is 4.78. The number of carbonyl (C=O) groups excluding carboxylic acids is 1. The van der Waals surface area contributed by atoms with Crippen molar-refractivity contribution < 1.29 is 14.7 Å². The molecule has 1 amide bonds. The van der Waals surface area contributed by atoms with E-state index in [0.717, 1.165) is 0 Å². The van der Waals surface area contributed by atoms with Crippen LogP contribution in [0.4, 0.5) is 11.5 Å². The molecule has 1 aromatic rings. The number of hydrogen-bond acceptors (Lipinski definition) is 5. The number of anilines is 2. The number of carbonyl (C=O) groups is 2. The molecule has 0 bridgehead atoms. The van der Waals surface area contributed by atoms with E-state index in [2.05, 4.69) is 15.6 Å². The van der Waals surface area contributed by atoms with Gasteiger partial charge < -0.3 is 21.5 Å². The van der Waals surface area contributed by atoms with Crippen LogP contribution >= 0.6 is 0 Å². The Morgan fingerprint density at radius 3 is 2.63 bits per heavy atom. The first-order chi connectivity index (χ1) is 8.77. The third-order valence-corrected chi connectivity index (χ3v) is 2.72. The molecule has 7 heteroatoms. The van der Waals surface area contributed by atoms with Gasteiger partial charge in [-0.2, -0.15) is 0 Å². The van der Waals surface area contributed by atoms with Crippen LogP contribution in [0.3, 0.4) is 0 Å². The number of hydrogen-bond donors (Lipinski definition) is 4. The van der Waals surface area contributed by atoms with E-state index in [-0.39, 0.29) is 17.2 Å². The molecule has 0 unspecified atom stereocenters. The highest BCUT2D eigenvalue weighted by Gasteiger charge is 2.26. The molecule has 1 rings (SSSR count). The summed E-state index contributed by atoms with van der Waals surface area (Å²) in [5, 5.41) is 14.4. The van der Waals surface area contributed by atoms with Crippen LogP contribution < -0.4 is 16.4 Å². The number of carboxylic acid groups (broad SMARTS) is 1. The molecule has 5 N–H and O–H groups in total. The van der Waals surface area contributed by atoms with Crippen molar-refractivity contribution >= 4 is 23.4 Å². The van der Waals surface area contributed by atoms with E-state index in [0.29, 0.717) is 12.4 Å². The van der Waals surface area contributed by atoms with Gasteiger partial charge in [0.05, 0.1) is 22.9 Å². The Morgan fingerprint density at radius 1 is 1.47 bits per heavy atom. The topological polar surface area (TPSA) is 117 Å². The third-order valence-electron chi connectivity index (χ3n) is 2.72. The monoisotopic (exact) mass is 266 g/mol. The SMILES string of the molecule is CNC(=O)C(C)(C)CNc1cc(C(=O)O)c(N)cn1. The summed E-state index contributed by atoms with van der Waals surface area (Å²) in [5.74, 6) is -0.869. The van der Waals surface area contributed by atoms with Crippen molar-refractivity contribution in [1.29, 1.82) is 0 Å². The van der Waals surface area contributed by atoms with E-state index in [1.807, 2.05) is 0 Å². The van der Waals surface area contributed by atoms with Crippen molar-refractivity contribution in [1.82, 2.24) is 10.3 Å². The van der Waals surface area contributed by atoms with Crippen LogP contribution in [0, 0.1) is 5.41 Å². The van der Waals surface area contributed by atoms with Gasteiger partial charge in [0.25, 0.3) is 0 Å². The maximum absolute atomic E-state index is 11.6. The minimum Gasteiger partial charge on any atom is -0.478 e. The normalized spacial score (nSPS) is 10.9. The molecule has 7 nitrogen and oxygen atoms in total. The Morgan fingerprint density at radius 2 is 2.11 bits per heavy atom. The van der Waals surface area contributed by atoms with Crippen LogP contribution in [0.25, 0.3) is 0 Å². The minimum absolute atomic E-state index is 0.0183. The standard InChI is InChI=1S/C12H18N4O3/c1-12(2,11(19)14-3)6-16-9-4-7(10(17)18)8(13)5-15-9/h4-5H,6,13H2,1-3H3,(H,14,19)(H,15,16)(H,17,18). The van der Waals surface area contributed by atoms with Crippen molar-refractivity contribution in [2.75, 3.05) is 24.6 Å². The predicted octanol–water partition coefficient (Wildman–Crippen LogP) is 0.546. The van der Waals surface area contributed by atoms with E-state index in [9.17, 15) is 9.59 Å². The smallest absolute Gasteiger partial charge is 0.337 e. The van der Waals surface area contributed by atoms with Gasteiger partial charge in [-0.3, -0.25) is 4.79 Å². The summed E-state index contributed by atoms with van der Waals surface area (Å²) in [6.45, 7) is 3.87. The highest BCUT2D eigenvalue weighted by molar-refractivity contribution is 5.94. The number of amides is 1. The van der Waals surface area contributed by atoms with Gasteiger partial charge in [-0.25, -0.2) is 9.78 Å². The number of nitrogens with one attached hydrogen (secondary N) is 2. The first-order valence-corrected chi connectivity index (χ1v) is 5.73. The molecule has 19 heavy (non-hydrogen) atoms. The van der Waals surface area contributed by atoms with Crippen LogP contribution in [-0.4, -0.2) is 35.6 Å². The van der Waals surface area contributed by atoms with Gasteiger partial charge >= 0.3 is 5.97 Å². The van der Waals surface area contributed by atoms with Crippen molar-refractivity contribution in [3.8, 4) is 0 Å². The lowest BCUT2D eigenvalue weighted by atomic mass is 9.92. The fraction of sp³-hybridized carbons (Fsp3) is 0.417. The van der Waals surface area contributed by atoms with Crippen LogP contribution in [0.5, 0.6) is 0 Å². The molecule has 0 spiro atoms. The molecule has 0 aliphatic rings. The molecule has 0 saturated heterocycles. The number of nitrogens with zero attached hydrogens (tertiary/aromatic N) is 1. The summed E-state index contributed by atoms with van der Waals surface area (Å²) in [5.41, 5.74) is 4.95. The molecule has 0 saturated carbocycles. The number of pyridine rings is 1. The maximum atomic E-state index is 11.6. The number of carboxylic acids is 1. The highest BCUT2D eigenvalue weighted by Crippen LogP contribution is 2.18. The average molecular weight is 266 g/mol. The van der Waals surface area contributed by atoms with Gasteiger partial charge in [-0.05, 0) is 19.9 Å². The number of nitrogens with two attached hydrogens (primary N) is 1. The summed E-state index contributed by atoms with van der Waals surface area (Å²) < 4.78 is 0. The summed E-state index contributed by atoms with van der Waals surface area (Å²) in [6, 6.07) is 1.34. The molecule has 0 radical (unpaired) electrons. The first-order valence-electron chi connectivity index (χ1n) is 5.73. The Labute approximate surface area is 111 Å². The van der Waals surface area contributed by atoms with Crippen LogP contribution in [0.1, 0.15) is 24.2 Å². The molecular weight excluding hydrogens is 248 g/mol. The fourth-order valence-corrected chi connectivity index (χ4v) is 1.48. The minimum atomic E-state index is -1.12. The molecule has 1 heterocycles. The van der Waals surface area contributed by atoms with E-state index < -0.39 is 11.4 Å². The lowest BCUT2D eigenvalue weighted by molar-refractivity contribution is -0.128. The Balaban J connectivity index is 2.82. The lowest BCUT2D eigenvalue weighted by Crippen LogP contribution is -2.39. The van der Waals surface area contributed by atoms with Crippen LogP contribution in [0.2, 0.25) is 0 Å². The molecule has 0 aromatic carbocycles. The van der Waals surface area contributed by atoms with Gasteiger partial charge in [0, 0.05) is 13.6 Å². The number of rotatable bonds is 5. The summed E-state index contributed by atoms with van der Waals surface area (Å²) in [6.07, 6.45) is 1.28. The van der Waals surface area contributed by atoms with Crippen molar-refractivity contribution in [3.05, 3.63) is 17.8 Å². The van der Waals surface area contributed by atoms with Gasteiger partial charge in [0.15, 0.2) is 0 Å². The molecular formula is C12H18N4O3. The van der Waals surface area contributed by atoms with Gasteiger partial charge in [-0.1, -0.05) is 0 Å². The van der Waals surface area contributed by atoms with E-state index in [1.165, 1.54) is 12.3 Å². The summed E-state index contributed by atoms with van der Waals surface area (Å²) >= 11 is 0. The number of nitrogen functional groups attached to an aromatic ring is 1. The molecule has 0 atom stereocenters. The molecule has 0 aliphatic heterocycles. The maximum Gasteiger partial charge on any atom is 0.337 e. The van der Waals surface area contributed by atoms with Crippen molar-refractivity contribution in [2.45, 2.75) is 13.8 Å². The second-order valence-corrected chi connectivity index (χ2v) is 4.78. The Hall–Kier alpha value is -2.31. The Bertz CT molecular complexity index is 500. The second kappa shape index (κ2) is 5.55. The fourth-order valence-electron chi connectivity index (χ4n) is 1.48. The summed E-state index contributed by atoms with van der Waals surface area (Å²) in [4.78, 5) is 26.5. The lowest BCUT2D eigenvalue weighted by Gasteiger charge is -2.23. The first kappa shape index (κ1) is 14.7. The third kappa shape index (κ3) is 3.57. The highest BCUT2D eigenvalue weighted by atomic mass is 16.4. The van der Waals surface area contributed by atoms with E-state index in [4.69, 9.17) is 10.8 Å². The van der Waals surface area contributed by atoms with Crippen molar-refractivity contribution in [3.63, 3.8) is 0 Å². The Kier molecular flexibility index (Phi) is 4.31. The molecule has 0 aliphatic carbocycles. The number of aromatic carboxylic acids is 1. The van der Waals surface area contributed by atoms with E-state index in [1.54, 1.807) is 20.9 Å². The van der Waals surface area contributed by atoms with E-state index >= 15 is 0 Å². The largest absolute Gasteiger partial charge is 0.478 e. The molecule has 0 fully saturated rings. The molecule has 1 aromatic heterocycles. The van der Waals surface area contributed by atoms with Crippen LogP contribution in [-0.2, 0) is 4.79 Å². The zero-order valence-corrected chi connectivity index (χ0v) is 11.2. The number of aromatic nitrogens is 1. The van der Waals surface area contributed by atoms with Gasteiger partial charge in [-0.15, -0.1) is 0 Å². The van der Waals surface area contributed by atoms with Crippen LogP contribution in [0.15, 0.2) is 12.3 Å². The molecule has 104 valence electrons. The predicted molar refractivity (Wildman–Crippen MR) is 71.9 cm³/mol. The average Bonchev–Trinajstić information content (AvgIpc) is 2.36. The zero-order chi connectivity index (χ0) is 14.6.